The normalized spacial score (nSPS) is 52.0. The van der Waals surface area contributed by atoms with E-state index in [0.717, 1.165) is 45.6 Å². The van der Waals surface area contributed by atoms with E-state index in [0.29, 0.717) is 25.7 Å². The molecule has 8 aliphatic rings. The van der Waals surface area contributed by atoms with E-state index in [9.17, 15) is 60.7 Å². The lowest BCUT2D eigenvalue weighted by Gasteiger charge is -2.71. The van der Waals surface area contributed by atoms with Crippen LogP contribution in [0.25, 0.3) is 0 Å². The second-order valence-corrected chi connectivity index (χ2v) is 23.7. The molecule has 5 aliphatic carbocycles. The number of esters is 2. The van der Waals surface area contributed by atoms with Crippen LogP contribution in [0, 0.1) is 50.2 Å². The van der Waals surface area contributed by atoms with Gasteiger partial charge >= 0.3 is 11.9 Å². The van der Waals surface area contributed by atoms with Crippen LogP contribution in [0.2, 0.25) is 0 Å². The summed E-state index contributed by atoms with van der Waals surface area (Å²) < 4.78 is 41.0. The first-order valence-corrected chi connectivity index (χ1v) is 24.7. The number of rotatable bonds is 9. The van der Waals surface area contributed by atoms with Crippen LogP contribution in [0.3, 0.4) is 0 Å². The van der Waals surface area contributed by atoms with E-state index in [-0.39, 0.29) is 39.4 Å². The summed E-state index contributed by atoms with van der Waals surface area (Å²) in [5.74, 6) is -1.30. The molecule has 23 atom stereocenters. The second kappa shape index (κ2) is 18.5. The molecule has 10 N–H and O–H groups in total. The monoisotopic (exact) mass is 971 g/mol. The van der Waals surface area contributed by atoms with Gasteiger partial charge in [0.25, 0.3) is 0 Å². The fourth-order valence-corrected chi connectivity index (χ4v) is 15.1. The first-order valence-electron chi connectivity index (χ1n) is 24.7. The summed E-state index contributed by atoms with van der Waals surface area (Å²) in [6.45, 7) is 14.6. The van der Waals surface area contributed by atoms with Gasteiger partial charge in [-0.3, -0.25) is 4.79 Å². The summed E-state index contributed by atoms with van der Waals surface area (Å²) in [6, 6.07) is 0. The molecule has 0 amide bonds. The van der Waals surface area contributed by atoms with Crippen molar-refractivity contribution in [2.75, 3.05) is 20.3 Å². The van der Waals surface area contributed by atoms with Gasteiger partial charge in [-0.05, 0) is 109 Å². The van der Waals surface area contributed by atoms with E-state index in [4.69, 9.17) is 33.2 Å². The van der Waals surface area contributed by atoms with Gasteiger partial charge in [0.2, 0.25) is 6.29 Å². The Bertz CT molecular complexity index is 1890. The topological polar surface area (TPSA) is 301 Å². The van der Waals surface area contributed by atoms with Crippen molar-refractivity contribution in [2.24, 2.45) is 50.2 Å². The minimum Gasteiger partial charge on any atom is -0.467 e. The van der Waals surface area contributed by atoms with E-state index in [2.05, 4.69) is 54.5 Å². The average Bonchev–Trinajstić information content (AvgIpc) is 3.29. The van der Waals surface area contributed by atoms with Gasteiger partial charge in [0.05, 0.1) is 31.8 Å². The smallest absolute Gasteiger partial charge is 0.337 e. The summed E-state index contributed by atoms with van der Waals surface area (Å²) >= 11 is 0. The zero-order valence-electron chi connectivity index (χ0n) is 40.7. The number of methoxy groups -OCH3 is 1. The maximum atomic E-state index is 14.7. The van der Waals surface area contributed by atoms with Gasteiger partial charge in [0.1, 0.15) is 67.1 Å². The number of hydrogen-bond donors (Lipinski definition) is 10. The number of aliphatic hydroxyl groups is 10. The number of carbonyl (C=O) groups is 2. The predicted octanol–water partition coefficient (Wildman–Crippen LogP) is 0.321. The van der Waals surface area contributed by atoms with E-state index in [1.54, 1.807) is 0 Å². The molecule has 8 rings (SSSR count). The van der Waals surface area contributed by atoms with Gasteiger partial charge in [0, 0.05) is 0 Å². The molecule has 0 radical (unpaired) electrons. The van der Waals surface area contributed by atoms with E-state index < -0.39 is 134 Å². The van der Waals surface area contributed by atoms with E-state index in [1.807, 2.05) is 0 Å². The van der Waals surface area contributed by atoms with E-state index >= 15 is 0 Å². The third-order valence-electron chi connectivity index (χ3n) is 19.5. The summed E-state index contributed by atoms with van der Waals surface area (Å²) in [6.07, 6.45) is -15.5. The lowest BCUT2D eigenvalue weighted by Crippen LogP contribution is -2.67. The van der Waals surface area contributed by atoms with Crippen molar-refractivity contribution in [3.63, 3.8) is 0 Å². The number of hydrogen-bond acceptors (Lipinski definition) is 19. The zero-order chi connectivity index (χ0) is 49.8. The Morgan fingerprint density at radius 2 is 1.25 bits per heavy atom. The van der Waals surface area contributed by atoms with E-state index in [1.165, 1.54) is 5.57 Å². The van der Waals surface area contributed by atoms with Crippen molar-refractivity contribution in [1.29, 1.82) is 0 Å². The third kappa shape index (κ3) is 8.13. The Morgan fingerprint density at radius 1 is 0.647 bits per heavy atom. The molecule has 23 unspecified atom stereocenters. The minimum absolute atomic E-state index is 0.0770. The highest BCUT2D eigenvalue weighted by Gasteiger charge is 2.70. The Hall–Kier alpha value is -1.92. The van der Waals surface area contributed by atoms with Crippen LogP contribution in [0.5, 0.6) is 0 Å². The molecular formula is C49H78O19. The van der Waals surface area contributed by atoms with Crippen LogP contribution in [-0.2, 0) is 42.7 Å². The molecule has 0 spiro atoms. The molecule has 0 aromatic carbocycles. The van der Waals surface area contributed by atoms with Crippen LogP contribution >= 0.6 is 0 Å². The molecule has 3 heterocycles. The fourth-order valence-electron chi connectivity index (χ4n) is 15.1. The predicted molar refractivity (Wildman–Crippen MR) is 235 cm³/mol. The SMILES string of the molecule is COC(=O)C1OC(OC2CCC3(C)C(CCC4(C)C3CC=C3C5CC(C)(C)CCC5(C(=O)OC5OC(CO)C(O)C(O)C5O)CCC34C)C2(C)C)C(OC2OC(CO)C(O)C(O)C2O)C(O)C1O. The number of ether oxygens (including phenoxy) is 7. The van der Waals surface area contributed by atoms with Crippen LogP contribution in [0.4, 0.5) is 0 Å². The summed E-state index contributed by atoms with van der Waals surface area (Å²) in [7, 11) is 1.12. The van der Waals surface area contributed by atoms with Gasteiger partial charge < -0.3 is 84.2 Å². The fraction of sp³-hybridized carbons (Fsp3) is 0.918. The average molecular weight is 971 g/mol. The first-order chi connectivity index (χ1) is 31.8. The molecule has 0 aromatic rings. The first kappa shape index (κ1) is 52.4. The van der Waals surface area contributed by atoms with Gasteiger partial charge in [-0.25, -0.2) is 4.79 Å². The number of aliphatic hydroxyl groups excluding tert-OH is 10. The molecule has 3 aliphatic heterocycles. The van der Waals surface area contributed by atoms with Gasteiger partial charge in [-0.2, -0.15) is 0 Å². The van der Waals surface area contributed by atoms with Gasteiger partial charge in [-0.15, -0.1) is 0 Å². The summed E-state index contributed by atoms with van der Waals surface area (Å²) in [5.41, 5.74) is -0.950. The molecule has 0 aromatic heterocycles. The third-order valence-corrected chi connectivity index (χ3v) is 19.5. The Labute approximate surface area is 398 Å². The standard InChI is InChI=1S/C49H78O19/c1-44(2)15-17-49(43(61)68-41-36(59)32(55)30(53)25(21-51)64-41)18-16-47(6)22(23(49)19-44)9-10-27-46(5)13-12-28(45(3,4)26(46)11-14-48(27,47)7)65-42-38(34(57)33(56)37(66-42)39(60)62-8)67-40-35(58)31(54)29(52)24(20-50)63-40/h9,23-38,40-42,50-59H,10-21H2,1-8H3. The minimum atomic E-state index is -1.85. The number of fused-ring (bicyclic) bond motifs is 7. The number of allylic oxidation sites excluding steroid dienone is 2. The molecule has 7 fully saturated rings. The molecule has 68 heavy (non-hydrogen) atoms. The van der Waals surface area contributed by atoms with Crippen LogP contribution in [0.15, 0.2) is 11.6 Å². The second-order valence-electron chi connectivity index (χ2n) is 23.7. The maximum absolute atomic E-state index is 14.7. The number of carbonyl (C=O) groups excluding carboxylic acids is 2. The highest BCUT2D eigenvalue weighted by Crippen LogP contribution is 2.76. The zero-order valence-corrected chi connectivity index (χ0v) is 40.7. The van der Waals surface area contributed by atoms with Crippen LogP contribution in [0.1, 0.15) is 113 Å². The lowest BCUT2D eigenvalue weighted by atomic mass is 9.33. The van der Waals surface area contributed by atoms with Crippen molar-refractivity contribution in [3.8, 4) is 0 Å². The van der Waals surface area contributed by atoms with Crippen LogP contribution < -0.4 is 0 Å². The molecule has 0 bridgehead atoms. The Balaban J connectivity index is 1.05. The van der Waals surface area contributed by atoms with Crippen LogP contribution in [-0.4, -0.2) is 182 Å². The molecular weight excluding hydrogens is 893 g/mol. The molecule has 3 saturated heterocycles. The van der Waals surface area contributed by atoms with Crippen molar-refractivity contribution >= 4 is 11.9 Å². The largest absolute Gasteiger partial charge is 0.467 e. The lowest BCUT2D eigenvalue weighted by molar-refractivity contribution is -0.374. The van der Waals surface area contributed by atoms with Crippen molar-refractivity contribution in [1.82, 2.24) is 0 Å². The van der Waals surface area contributed by atoms with Gasteiger partial charge in [-0.1, -0.05) is 60.1 Å². The molecule has 4 saturated carbocycles. The molecule has 388 valence electrons. The Kier molecular flexibility index (Phi) is 14.3. The van der Waals surface area contributed by atoms with Crippen molar-refractivity contribution in [2.45, 2.75) is 211 Å². The maximum Gasteiger partial charge on any atom is 0.337 e. The summed E-state index contributed by atoms with van der Waals surface area (Å²) in [4.78, 5) is 27.6. The van der Waals surface area contributed by atoms with Gasteiger partial charge in [0.15, 0.2) is 18.7 Å². The summed E-state index contributed by atoms with van der Waals surface area (Å²) in [5, 5.41) is 106. The Morgan fingerprint density at radius 3 is 1.87 bits per heavy atom. The molecule has 19 nitrogen and oxygen atoms in total. The van der Waals surface area contributed by atoms with Crippen molar-refractivity contribution < 1.29 is 93.8 Å². The highest BCUT2D eigenvalue weighted by molar-refractivity contribution is 5.79. The highest BCUT2D eigenvalue weighted by atomic mass is 16.8. The van der Waals surface area contributed by atoms with Crippen molar-refractivity contribution in [3.05, 3.63) is 11.6 Å². The quantitative estimate of drug-likeness (QED) is 0.0846. The molecule has 19 heteroatoms.